The first kappa shape index (κ1) is 13.8. The number of nitriles is 1. The van der Waals surface area contributed by atoms with Gasteiger partial charge in [-0.2, -0.15) is 5.26 Å². The van der Waals surface area contributed by atoms with Gasteiger partial charge in [-0.1, -0.05) is 20.3 Å². The molecule has 0 aromatic rings. The fourth-order valence-corrected chi connectivity index (χ4v) is 5.66. The van der Waals surface area contributed by atoms with E-state index in [1.165, 1.54) is 0 Å². The van der Waals surface area contributed by atoms with Crippen molar-refractivity contribution in [3.05, 3.63) is 0 Å². The molecule has 4 atom stereocenters. The topological polar surface area (TPSA) is 78.2 Å². The Morgan fingerprint density at radius 3 is 2.50 bits per heavy atom. The maximum atomic E-state index is 11.7. The monoisotopic (exact) mass is 271 g/mol. The third-order valence-electron chi connectivity index (χ3n) is 4.92. The van der Waals surface area contributed by atoms with Gasteiger partial charge in [0.05, 0.1) is 23.2 Å². The summed E-state index contributed by atoms with van der Waals surface area (Å²) >= 11 is 0. The van der Waals surface area contributed by atoms with E-state index in [4.69, 9.17) is 0 Å². The van der Waals surface area contributed by atoms with Crippen LogP contribution in [0.3, 0.4) is 0 Å². The summed E-state index contributed by atoms with van der Waals surface area (Å²) in [7, 11) is -3.18. The van der Waals surface area contributed by atoms with E-state index < -0.39 is 20.9 Å². The van der Waals surface area contributed by atoms with Crippen molar-refractivity contribution in [2.75, 3.05) is 11.5 Å². The Hall–Kier alpha value is -0.600. The first-order valence-electron chi connectivity index (χ1n) is 6.59. The fraction of sp³-hybridized carbons (Fsp3) is 0.923. The van der Waals surface area contributed by atoms with Crippen molar-refractivity contribution in [1.29, 1.82) is 5.26 Å². The Morgan fingerprint density at radius 1 is 1.33 bits per heavy atom. The molecule has 0 radical (unpaired) electrons. The molecule has 2 aliphatic rings. The van der Waals surface area contributed by atoms with Crippen LogP contribution < -0.4 is 0 Å². The van der Waals surface area contributed by atoms with Gasteiger partial charge in [0.2, 0.25) is 0 Å². The zero-order chi connectivity index (χ0) is 13.6. The highest BCUT2D eigenvalue weighted by molar-refractivity contribution is 7.91. The summed E-state index contributed by atoms with van der Waals surface area (Å²) in [6, 6.07) is 2.17. The van der Waals surface area contributed by atoms with Crippen LogP contribution in [0, 0.1) is 28.6 Å². The van der Waals surface area contributed by atoms with Gasteiger partial charge in [0.1, 0.15) is 5.41 Å². The highest BCUT2D eigenvalue weighted by Gasteiger charge is 2.60. The molecule has 0 spiro atoms. The van der Waals surface area contributed by atoms with Crippen LogP contribution in [0.25, 0.3) is 0 Å². The van der Waals surface area contributed by atoms with E-state index in [9.17, 15) is 18.8 Å². The van der Waals surface area contributed by atoms with Crippen LogP contribution in [0.1, 0.15) is 39.5 Å². The summed E-state index contributed by atoms with van der Waals surface area (Å²) < 4.78 is 23.4. The number of nitrogens with zero attached hydrogens (tertiary/aromatic N) is 1. The second-order valence-electron chi connectivity index (χ2n) is 6.25. The summed E-state index contributed by atoms with van der Waals surface area (Å²) in [4.78, 5) is 0. The van der Waals surface area contributed by atoms with Crippen molar-refractivity contribution < 1.29 is 13.5 Å². The molecule has 1 saturated carbocycles. The molecule has 1 aliphatic heterocycles. The lowest BCUT2D eigenvalue weighted by Gasteiger charge is -2.48. The van der Waals surface area contributed by atoms with E-state index >= 15 is 0 Å². The number of hydrogen-bond donors (Lipinski definition) is 1. The lowest BCUT2D eigenvalue weighted by molar-refractivity contribution is -0.121. The highest BCUT2D eigenvalue weighted by Crippen LogP contribution is 2.52. The first-order chi connectivity index (χ1) is 8.25. The van der Waals surface area contributed by atoms with Crippen LogP contribution in [-0.2, 0) is 9.84 Å². The number of hydrogen-bond acceptors (Lipinski definition) is 4. The molecule has 2 rings (SSSR count). The third-order valence-corrected chi connectivity index (χ3v) is 6.68. The second kappa shape index (κ2) is 4.21. The first-order valence-corrected chi connectivity index (χ1v) is 8.41. The van der Waals surface area contributed by atoms with E-state index in [1.807, 2.05) is 6.92 Å². The van der Waals surface area contributed by atoms with Gasteiger partial charge in [-0.15, -0.1) is 0 Å². The standard InChI is InChI=1S/C13H21NO3S/c1-10-3-4-11(2)13(15,7-10)12(8-14)5-6-18(16,17)9-12/h10-11,15H,3-7,9H2,1-2H3. The van der Waals surface area contributed by atoms with Gasteiger partial charge in [-0.3, -0.25) is 0 Å². The molecule has 4 nitrogen and oxygen atoms in total. The molecule has 2 fully saturated rings. The molecule has 4 unspecified atom stereocenters. The van der Waals surface area contributed by atoms with E-state index in [2.05, 4.69) is 13.0 Å². The molecule has 1 heterocycles. The minimum atomic E-state index is -3.18. The molecule has 1 saturated heterocycles. The van der Waals surface area contributed by atoms with Gasteiger partial charge in [-0.25, -0.2) is 8.42 Å². The lowest BCUT2D eigenvalue weighted by Crippen LogP contribution is -2.55. The smallest absolute Gasteiger partial charge is 0.152 e. The molecule has 1 aliphatic carbocycles. The van der Waals surface area contributed by atoms with E-state index in [0.717, 1.165) is 12.8 Å². The second-order valence-corrected chi connectivity index (χ2v) is 8.43. The SMILES string of the molecule is CC1CCC(C)C(O)(C2(C#N)CCS(=O)(=O)C2)C1. The van der Waals surface area contributed by atoms with Crippen molar-refractivity contribution in [2.45, 2.75) is 45.1 Å². The molecule has 5 heteroatoms. The molecule has 0 aromatic heterocycles. The molecule has 18 heavy (non-hydrogen) atoms. The molecule has 0 bridgehead atoms. The zero-order valence-corrected chi connectivity index (χ0v) is 11.8. The van der Waals surface area contributed by atoms with E-state index in [0.29, 0.717) is 12.3 Å². The van der Waals surface area contributed by atoms with Crippen LogP contribution in [0.4, 0.5) is 0 Å². The zero-order valence-electron chi connectivity index (χ0n) is 11.0. The van der Waals surface area contributed by atoms with Crippen molar-refractivity contribution in [2.24, 2.45) is 17.3 Å². The summed E-state index contributed by atoms with van der Waals surface area (Å²) in [6.45, 7) is 4.00. The van der Waals surface area contributed by atoms with Gasteiger partial charge < -0.3 is 5.11 Å². The molecule has 102 valence electrons. The van der Waals surface area contributed by atoms with Crippen LogP contribution in [-0.4, -0.2) is 30.6 Å². The summed E-state index contributed by atoms with van der Waals surface area (Å²) in [5, 5.41) is 20.5. The molecule has 1 N–H and O–H groups in total. The van der Waals surface area contributed by atoms with E-state index in [1.54, 1.807) is 0 Å². The fourth-order valence-electron chi connectivity index (χ4n) is 3.65. The normalized spacial score (nSPS) is 47.7. The third kappa shape index (κ3) is 1.96. The minimum absolute atomic E-state index is 0.0124. The molecular formula is C13H21NO3S. The van der Waals surface area contributed by atoms with Gasteiger partial charge in [0, 0.05) is 0 Å². The lowest BCUT2D eigenvalue weighted by atomic mass is 9.59. The van der Waals surface area contributed by atoms with Crippen molar-refractivity contribution in [3.63, 3.8) is 0 Å². The van der Waals surface area contributed by atoms with Gasteiger partial charge in [0.25, 0.3) is 0 Å². The van der Waals surface area contributed by atoms with Crippen LogP contribution in [0.15, 0.2) is 0 Å². The Bertz CT molecular complexity index is 481. The largest absolute Gasteiger partial charge is 0.388 e. The van der Waals surface area contributed by atoms with Crippen LogP contribution >= 0.6 is 0 Å². The average molecular weight is 271 g/mol. The molecule has 0 aromatic carbocycles. The highest BCUT2D eigenvalue weighted by atomic mass is 32.2. The number of aliphatic hydroxyl groups is 1. The maximum absolute atomic E-state index is 11.7. The maximum Gasteiger partial charge on any atom is 0.152 e. The van der Waals surface area contributed by atoms with Crippen LogP contribution in [0.5, 0.6) is 0 Å². The van der Waals surface area contributed by atoms with Crippen LogP contribution in [0.2, 0.25) is 0 Å². The molecular weight excluding hydrogens is 250 g/mol. The predicted octanol–water partition coefficient (Wildman–Crippen LogP) is 1.50. The molecule has 0 amide bonds. The van der Waals surface area contributed by atoms with Gasteiger partial charge in [-0.05, 0) is 31.1 Å². The number of sulfone groups is 1. The van der Waals surface area contributed by atoms with Crippen molar-refractivity contribution in [1.82, 2.24) is 0 Å². The summed E-state index contributed by atoms with van der Waals surface area (Å²) in [5.41, 5.74) is -2.25. The van der Waals surface area contributed by atoms with Gasteiger partial charge in [0.15, 0.2) is 9.84 Å². The Labute approximate surface area is 109 Å². The summed E-state index contributed by atoms with van der Waals surface area (Å²) in [6.07, 6.45) is 2.72. The Morgan fingerprint density at radius 2 is 2.00 bits per heavy atom. The average Bonchev–Trinajstić information content (AvgIpc) is 2.62. The Kier molecular flexibility index (Phi) is 3.23. The van der Waals surface area contributed by atoms with Crippen molar-refractivity contribution >= 4 is 9.84 Å². The summed E-state index contributed by atoms with van der Waals surface area (Å²) in [5.74, 6) is 0.190. The predicted molar refractivity (Wildman–Crippen MR) is 68.4 cm³/mol. The van der Waals surface area contributed by atoms with Crippen molar-refractivity contribution in [3.8, 4) is 6.07 Å². The number of rotatable bonds is 1. The Balaban J connectivity index is 2.41. The minimum Gasteiger partial charge on any atom is -0.388 e. The van der Waals surface area contributed by atoms with E-state index in [-0.39, 0.29) is 23.8 Å². The quantitative estimate of drug-likeness (QED) is 0.784. The van der Waals surface area contributed by atoms with Gasteiger partial charge >= 0.3 is 0 Å².